The van der Waals surface area contributed by atoms with Crippen LogP contribution >= 0.6 is 15.9 Å². The van der Waals surface area contributed by atoms with Gasteiger partial charge in [0.15, 0.2) is 5.78 Å². The van der Waals surface area contributed by atoms with E-state index in [1.807, 2.05) is 12.1 Å². The molecular formula is C25H29BrN2O3. The second-order valence-electron chi connectivity index (χ2n) is 9.25. The molecule has 0 saturated carbocycles. The number of halogens is 1. The number of anilines is 2. The topological polar surface area (TPSA) is 59.6 Å². The Kier molecular flexibility index (Phi) is 5.54. The maximum absolute atomic E-state index is 13.5. The fourth-order valence-electron chi connectivity index (χ4n) is 4.55. The number of ketones is 1. The van der Waals surface area contributed by atoms with Crippen LogP contribution in [-0.4, -0.2) is 20.0 Å². The number of hydrogen-bond donors (Lipinski definition) is 2. The lowest BCUT2D eigenvalue weighted by atomic mass is 9.73. The quantitative estimate of drug-likeness (QED) is 0.534. The Morgan fingerprint density at radius 2 is 1.61 bits per heavy atom. The summed E-state index contributed by atoms with van der Waals surface area (Å²) in [5, 5.41) is 7.26. The highest BCUT2D eigenvalue weighted by Crippen LogP contribution is 2.48. The average molecular weight is 485 g/mol. The molecule has 2 aromatic rings. The Labute approximate surface area is 192 Å². The van der Waals surface area contributed by atoms with Crippen molar-refractivity contribution in [1.29, 1.82) is 0 Å². The van der Waals surface area contributed by atoms with Gasteiger partial charge in [0.05, 0.1) is 36.1 Å². The van der Waals surface area contributed by atoms with Crippen LogP contribution in [-0.2, 0) is 4.79 Å². The Morgan fingerprint density at radius 3 is 2.26 bits per heavy atom. The third-order valence-corrected chi connectivity index (χ3v) is 6.86. The number of carbonyl (C=O) groups excluding carboxylic acids is 1. The number of hydrogen-bond acceptors (Lipinski definition) is 5. The molecule has 0 saturated heterocycles. The number of fused-ring (bicyclic) bond motifs is 1. The number of aryl methyl sites for hydroxylation is 2. The van der Waals surface area contributed by atoms with E-state index in [4.69, 9.17) is 9.47 Å². The Bertz CT molecular complexity index is 1100. The predicted molar refractivity (Wildman–Crippen MR) is 128 cm³/mol. The molecule has 2 aliphatic rings. The molecule has 1 aliphatic carbocycles. The van der Waals surface area contributed by atoms with Gasteiger partial charge in [-0.05, 0) is 77.0 Å². The fraction of sp³-hybridized carbons (Fsp3) is 0.400. The maximum Gasteiger partial charge on any atom is 0.163 e. The summed E-state index contributed by atoms with van der Waals surface area (Å²) < 4.78 is 12.1. The van der Waals surface area contributed by atoms with Crippen molar-refractivity contribution in [2.24, 2.45) is 5.41 Å². The van der Waals surface area contributed by atoms with Crippen molar-refractivity contribution < 1.29 is 14.3 Å². The van der Waals surface area contributed by atoms with E-state index in [-0.39, 0.29) is 17.2 Å². The van der Waals surface area contributed by atoms with E-state index in [1.165, 1.54) is 11.1 Å². The third kappa shape index (κ3) is 3.93. The highest BCUT2D eigenvalue weighted by molar-refractivity contribution is 9.10. The number of allylic oxidation sites excluding steroid dienone is 1. The lowest BCUT2D eigenvalue weighted by Crippen LogP contribution is -2.31. The lowest BCUT2D eigenvalue weighted by Gasteiger charge is -2.34. The molecule has 0 aromatic heterocycles. The van der Waals surface area contributed by atoms with Gasteiger partial charge >= 0.3 is 0 Å². The first-order valence-electron chi connectivity index (χ1n) is 10.5. The molecule has 4 rings (SSSR count). The first kappa shape index (κ1) is 21.8. The molecule has 0 unspecified atom stereocenters. The summed E-state index contributed by atoms with van der Waals surface area (Å²) >= 11 is 3.54. The molecule has 0 bridgehead atoms. The number of carbonyl (C=O) groups is 1. The van der Waals surface area contributed by atoms with Gasteiger partial charge in [-0.15, -0.1) is 0 Å². The highest BCUT2D eigenvalue weighted by Gasteiger charge is 2.39. The second-order valence-corrected chi connectivity index (χ2v) is 10.1. The molecule has 0 spiro atoms. The van der Waals surface area contributed by atoms with E-state index in [9.17, 15) is 4.79 Å². The summed E-state index contributed by atoms with van der Waals surface area (Å²) in [6.45, 7) is 8.50. The zero-order chi connectivity index (χ0) is 22.5. The van der Waals surface area contributed by atoms with Crippen LogP contribution in [0.25, 0.3) is 0 Å². The highest BCUT2D eigenvalue weighted by atomic mass is 79.9. The molecule has 1 atom stereocenters. The number of ether oxygens (including phenoxy) is 2. The van der Waals surface area contributed by atoms with Crippen molar-refractivity contribution in [3.8, 4) is 11.5 Å². The minimum Gasteiger partial charge on any atom is -0.496 e. The minimum atomic E-state index is -0.355. The fourth-order valence-corrected chi connectivity index (χ4v) is 5.04. The Morgan fingerprint density at radius 1 is 0.968 bits per heavy atom. The molecular weight excluding hydrogens is 456 g/mol. The van der Waals surface area contributed by atoms with Crippen molar-refractivity contribution in [3.05, 3.63) is 56.7 Å². The number of benzene rings is 2. The first-order valence-corrected chi connectivity index (χ1v) is 11.3. The molecule has 164 valence electrons. The SMILES string of the molecule is COc1cc([C@H]2Nc3cc(C)c(C)cc3NC3=C2C(=O)CC(C)(C)C3)c(OC)cc1Br. The zero-order valence-corrected chi connectivity index (χ0v) is 20.5. The van der Waals surface area contributed by atoms with Crippen molar-refractivity contribution in [1.82, 2.24) is 0 Å². The lowest BCUT2D eigenvalue weighted by molar-refractivity contribution is -0.118. The predicted octanol–water partition coefficient (Wildman–Crippen LogP) is 6.31. The van der Waals surface area contributed by atoms with Gasteiger partial charge in [0, 0.05) is 23.3 Å². The van der Waals surface area contributed by atoms with E-state index in [0.29, 0.717) is 17.9 Å². The zero-order valence-electron chi connectivity index (χ0n) is 18.9. The van der Waals surface area contributed by atoms with E-state index in [0.717, 1.165) is 39.1 Å². The van der Waals surface area contributed by atoms with Gasteiger partial charge in [-0.3, -0.25) is 4.79 Å². The minimum absolute atomic E-state index is 0.0980. The largest absolute Gasteiger partial charge is 0.496 e. The molecule has 1 aliphatic heterocycles. The van der Waals surface area contributed by atoms with Crippen LogP contribution in [0.4, 0.5) is 11.4 Å². The molecule has 31 heavy (non-hydrogen) atoms. The van der Waals surface area contributed by atoms with Gasteiger partial charge < -0.3 is 20.1 Å². The average Bonchev–Trinajstić information content (AvgIpc) is 2.83. The molecule has 0 amide bonds. The van der Waals surface area contributed by atoms with Crippen molar-refractivity contribution in [2.45, 2.75) is 46.6 Å². The van der Waals surface area contributed by atoms with Gasteiger partial charge in [0.2, 0.25) is 0 Å². The van der Waals surface area contributed by atoms with E-state index < -0.39 is 0 Å². The molecule has 2 N–H and O–H groups in total. The molecule has 1 heterocycles. The van der Waals surface area contributed by atoms with Gasteiger partial charge in [0.25, 0.3) is 0 Å². The van der Waals surface area contributed by atoms with Crippen LogP contribution in [0.3, 0.4) is 0 Å². The standard InChI is InChI=1S/C25H29BrN2O3/c1-13-7-17-18(8-14(13)2)28-24(15-9-22(31-6)16(26)10-21(15)30-5)23-19(27-17)11-25(3,4)12-20(23)29/h7-10,24,27-28H,11-12H2,1-6H3/t24-/m1/s1. The van der Waals surface area contributed by atoms with E-state index in [1.54, 1.807) is 14.2 Å². The van der Waals surface area contributed by atoms with Gasteiger partial charge in [0.1, 0.15) is 11.5 Å². The van der Waals surface area contributed by atoms with Gasteiger partial charge in [-0.25, -0.2) is 0 Å². The molecule has 0 fully saturated rings. The molecule has 0 radical (unpaired) electrons. The van der Waals surface area contributed by atoms with Crippen molar-refractivity contribution >= 4 is 33.1 Å². The maximum atomic E-state index is 13.5. The number of rotatable bonds is 3. The van der Waals surface area contributed by atoms with Crippen LogP contribution in [0.15, 0.2) is 40.0 Å². The van der Waals surface area contributed by atoms with Crippen molar-refractivity contribution in [3.63, 3.8) is 0 Å². The monoisotopic (exact) mass is 484 g/mol. The molecule has 2 aromatic carbocycles. The summed E-state index contributed by atoms with van der Waals surface area (Å²) in [7, 11) is 3.29. The summed E-state index contributed by atoms with van der Waals surface area (Å²) in [4.78, 5) is 13.5. The third-order valence-electron chi connectivity index (χ3n) is 6.24. The Balaban J connectivity index is 1.97. The van der Waals surface area contributed by atoms with Crippen LogP contribution in [0.5, 0.6) is 11.5 Å². The molecule has 5 nitrogen and oxygen atoms in total. The summed E-state index contributed by atoms with van der Waals surface area (Å²) in [6.07, 6.45) is 1.31. The number of nitrogens with one attached hydrogen (secondary N) is 2. The Hall–Kier alpha value is -2.47. The van der Waals surface area contributed by atoms with E-state index >= 15 is 0 Å². The van der Waals surface area contributed by atoms with Crippen molar-refractivity contribution in [2.75, 3.05) is 24.9 Å². The van der Waals surface area contributed by atoms with Crippen LogP contribution in [0.1, 0.15) is 49.4 Å². The number of methoxy groups -OCH3 is 2. The van der Waals surface area contributed by atoms with Crippen LogP contribution in [0, 0.1) is 19.3 Å². The van der Waals surface area contributed by atoms with Gasteiger partial charge in [-0.2, -0.15) is 0 Å². The smallest absolute Gasteiger partial charge is 0.163 e. The van der Waals surface area contributed by atoms with E-state index in [2.05, 4.69) is 66.4 Å². The van der Waals surface area contributed by atoms with Crippen LogP contribution in [0.2, 0.25) is 0 Å². The summed E-state index contributed by atoms with van der Waals surface area (Å²) in [5.41, 5.74) is 6.88. The summed E-state index contributed by atoms with van der Waals surface area (Å²) in [6, 6.07) is 7.78. The second kappa shape index (κ2) is 7.90. The first-order chi connectivity index (χ1) is 14.6. The van der Waals surface area contributed by atoms with Crippen LogP contribution < -0.4 is 20.1 Å². The van der Waals surface area contributed by atoms with Gasteiger partial charge in [-0.1, -0.05) is 13.8 Å². The summed E-state index contributed by atoms with van der Waals surface area (Å²) in [5.74, 6) is 1.55. The molecule has 6 heteroatoms. The number of Topliss-reactive ketones (excluding diaryl/α,β-unsaturated/α-hetero) is 1. The normalized spacial score (nSPS) is 19.6.